The maximum Gasteiger partial charge on any atom is 0.335 e. The van der Waals surface area contributed by atoms with Crippen molar-refractivity contribution in [2.45, 2.75) is 23.6 Å². The second-order valence-corrected chi connectivity index (χ2v) is 10.6. The summed E-state index contributed by atoms with van der Waals surface area (Å²) in [7, 11) is -8.04. The minimum atomic E-state index is -4.08. The molecular formula is C22H21FN2O6S2. The van der Waals surface area contributed by atoms with Gasteiger partial charge in [0.25, 0.3) is 20.0 Å². The van der Waals surface area contributed by atoms with Crippen LogP contribution in [0.4, 0.5) is 15.8 Å². The van der Waals surface area contributed by atoms with Crippen LogP contribution in [-0.4, -0.2) is 34.5 Å². The first-order valence-electron chi connectivity index (χ1n) is 9.71. The summed E-state index contributed by atoms with van der Waals surface area (Å²) in [5, 5.41) is 9.30. The molecule has 3 rings (SSSR count). The average molecular weight is 493 g/mol. The molecule has 0 bridgehead atoms. The SMILES string of the molecule is CCN(c1ccc(NS(=O)(=O)c2ccc(F)cc2)cc1)S(=O)(=O)c1ccc(C)c(C(=O)O)c1. The summed E-state index contributed by atoms with van der Waals surface area (Å²) in [4.78, 5) is 11.1. The summed E-state index contributed by atoms with van der Waals surface area (Å²) >= 11 is 0. The highest BCUT2D eigenvalue weighted by molar-refractivity contribution is 7.93. The number of hydrogen-bond donors (Lipinski definition) is 2. The van der Waals surface area contributed by atoms with Crippen molar-refractivity contribution in [3.63, 3.8) is 0 Å². The molecule has 0 fully saturated rings. The summed E-state index contributed by atoms with van der Waals surface area (Å²) in [5.41, 5.74) is 0.764. The Morgan fingerprint density at radius 1 is 0.939 bits per heavy atom. The van der Waals surface area contributed by atoms with E-state index in [0.717, 1.165) is 34.6 Å². The van der Waals surface area contributed by atoms with Crippen LogP contribution in [0.1, 0.15) is 22.8 Å². The highest BCUT2D eigenvalue weighted by Gasteiger charge is 2.25. The maximum absolute atomic E-state index is 13.2. The van der Waals surface area contributed by atoms with E-state index in [1.807, 2.05) is 0 Å². The van der Waals surface area contributed by atoms with E-state index in [-0.39, 0.29) is 33.3 Å². The minimum absolute atomic E-state index is 0.0548. The third kappa shape index (κ3) is 5.15. The second-order valence-electron chi connectivity index (χ2n) is 7.06. The Morgan fingerprint density at radius 3 is 2.06 bits per heavy atom. The number of carboxylic acid groups (broad SMARTS) is 1. The lowest BCUT2D eigenvalue weighted by Gasteiger charge is -2.23. The van der Waals surface area contributed by atoms with Crippen LogP contribution in [0.15, 0.2) is 76.5 Å². The van der Waals surface area contributed by atoms with Crippen LogP contribution in [0.25, 0.3) is 0 Å². The Kier molecular flexibility index (Phi) is 6.75. The van der Waals surface area contributed by atoms with E-state index in [0.29, 0.717) is 5.56 Å². The predicted octanol–water partition coefficient (Wildman–Crippen LogP) is 3.85. The van der Waals surface area contributed by atoms with Crippen LogP contribution in [0, 0.1) is 12.7 Å². The van der Waals surface area contributed by atoms with Gasteiger partial charge < -0.3 is 5.11 Å². The lowest BCUT2D eigenvalue weighted by Crippen LogP contribution is -2.31. The number of halogens is 1. The van der Waals surface area contributed by atoms with Crippen molar-refractivity contribution >= 4 is 37.4 Å². The number of sulfonamides is 2. The molecule has 2 N–H and O–H groups in total. The number of rotatable bonds is 8. The minimum Gasteiger partial charge on any atom is -0.478 e. The molecule has 0 saturated carbocycles. The van der Waals surface area contributed by atoms with Crippen LogP contribution < -0.4 is 9.03 Å². The van der Waals surface area contributed by atoms with Gasteiger partial charge in [0.05, 0.1) is 21.0 Å². The molecule has 0 aliphatic rings. The first kappa shape index (κ1) is 24.2. The first-order chi connectivity index (χ1) is 15.5. The Labute approximate surface area is 191 Å². The van der Waals surface area contributed by atoms with Crippen LogP contribution >= 0.6 is 0 Å². The topological polar surface area (TPSA) is 121 Å². The number of carboxylic acids is 1. The van der Waals surface area contributed by atoms with Gasteiger partial charge in [-0.1, -0.05) is 6.07 Å². The van der Waals surface area contributed by atoms with Crippen LogP contribution in [0.2, 0.25) is 0 Å². The van der Waals surface area contributed by atoms with Crippen molar-refractivity contribution in [3.05, 3.63) is 83.7 Å². The van der Waals surface area contributed by atoms with Gasteiger partial charge in [0.2, 0.25) is 0 Å². The molecule has 0 aliphatic carbocycles. The van der Waals surface area contributed by atoms with E-state index in [9.17, 15) is 31.1 Å². The Bertz CT molecular complexity index is 1390. The monoisotopic (exact) mass is 492 g/mol. The van der Waals surface area contributed by atoms with Gasteiger partial charge in [-0.2, -0.15) is 0 Å². The third-order valence-corrected chi connectivity index (χ3v) is 8.14. The standard InChI is InChI=1S/C22H21FN2O6S2/c1-3-25(33(30,31)20-11-4-15(2)21(14-20)22(26)27)18-9-7-17(8-10-18)24-32(28,29)19-12-5-16(23)6-13-19/h4-14,24H,3H2,1-2H3,(H,26,27). The van der Waals surface area contributed by atoms with Gasteiger partial charge in [0, 0.05) is 12.2 Å². The number of anilines is 2. The van der Waals surface area contributed by atoms with E-state index >= 15 is 0 Å². The molecule has 3 aromatic carbocycles. The fourth-order valence-corrected chi connectivity index (χ4v) is 5.69. The molecule has 0 aliphatic heterocycles. The molecule has 0 amide bonds. The third-order valence-electron chi connectivity index (χ3n) is 4.85. The van der Waals surface area contributed by atoms with Crippen molar-refractivity contribution in [2.75, 3.05) is 15.6 Å². The smallest absolute Gasteiger partial charge is 0.335 e. The second kappa shape index (κ2) is 9.20. The lowest BCUT2D eigenvalue weighted by molar-refractivity contribution is 0.0696. The molecular weight excluding hydrogens is 471 g/mol. The Morgan fingerprint density at radius 2 is 1.52 bits per heavy atom. The molecule has 0 heterocycles. The van der Waals surface area contributed by atoms with Gasteiger partial charge in [-0.25, -0.2) is 26.0 Å². The van der Waals surface area contributed by atoms with Gasteiger partial charge in [-0.05, 0) is 80.1 Å². The van der Waals surface area contributed by atoms with E-state index in [1.54, 1.807) is 13.8 Å². The molecule has 3 aromatic rings. The molecule has 0 unspecified atom stereocenters. The highest BCUT2D eigenvalue weighted by atomic mass is 32.2. The van der Waals surface area contributed by atoms with Gasteiger partial charge >= 0.3 is 5.97 Å². The molecule has 11 heteroatoms. The van der Waals surface area contributed by atoms with Crippen molar-refractivity contribution in [2.24, 2.45) is 0 Å². The number of aryl methyl sites for hydroxylation is 1. The van der Waals surface area contributed by atoms with Crippen molar-refractivity contribution in [3.8, 4) is 0 Å². The maximum atomic E-state index is 13.2. The highest BCUT2D eigenvalue weighted by Crippen LogP contribution is 2.27. The molecule has 0 atom stereocenters. The number of nitrogens with zero attached hydrogens (tertiary/aromatic N) is 1. The summed E-state index contributed by atoms with van der Waals surface area (Å²) in [6.07, 6.45) is 0. The largest absolute Gasteiger partial charge is 0.478 e. The number of aromatic carboxylic acids is 1. The van der Waals surface area contributed by atoms with E-state index in [2.05, 4.69) is 4.72 Å². The zero-order valence-corrected chi connectivity index (χ0v) is 19.3. The number of carbonyl (C=O) groups is 1. The van der Waals surface area contributed by atoms with Crippen LogP contribution in [-0.2, 0) is 20.0 Å². The summed E-state index contributed by atoms with van der Waals surface area (Å²) in [6, 6.07) is 13.8. The quantitative estimate of drug-likeness (QED) is 0.493. The fourth-order valence-electron chi connectivity index (χ4n) is 3.13. The van der Waals surface area contributed by atoms with Gasteiger partial charge in [-0.15, -0.1) is 0 Å². The van der Waals surface area contributed by atoms with E-state index in [1.165, 1.54) is 36.4 Å². The van der Waals surface area contributed by atoms with Crippen LogP contribution in [0.5, 0.6) is 0 Å². The lowest BCUT2D eigenvalue weighted by atomic mass is 10.1. The Hall–Kier alpha value is -3.44. The first-order valence-corrected chi connectivity index (χ1v) is 12.6. The van der Waals surface area contributed by atoms with Gasteiger partial charge in [0.1, 0.15) is 5.82 Å². The van der Waals surface area contributed by atoms with Crippen LogP contribution in [0.3, 0.4) is 0 Å². The molecule has 0 saturated heterocycles. The molecule has 33 heavy (non-hydrogen) atoms. The molecule has 8 nitrogen and oxygen atoms in total. The zero-order valence-electron chi connectivity index (χ0n) is 17.7. The summed E-state index contributed by atoms with van der Waals surface area (Å²) in [6.45, 7) is 3.25. The predicted molar refractivity (Wildman–Crippen MR) is 122 cm³/mol. The normalized spacial score (nSPS) is 11.7. The summed E-state index contributed by atoms with van der Waals surface area (Å²) in [5.74, 6) is -1.80. The number of hydrogen-bond acceptors (Lipinski definition) is 5. The average Bonchev–Trinajstić information content (AvgIpc) is 2.75. The van der Waals surface area contributed by atoms with E-state index < -0.39 is 31.8 Å². The number of nitrogens with one attached hydrogen (secondary N) is 1. The van der Waals surface area contributed by atoms with Crippen molar-refractivity contribution < 1.29 is 31.1 Å². The summed E-state index contributed by atoms with van der Waals surface area (Å²) < 4.78 is 67.7. The fraction of sp³-hybridized carbons (Fsp3) is 0.136. The molecule has 0 spiro atoms. The van der Waals surface area contributed by atoms with E-state index in [4.69, 9.17) is 0 Å². The van der Waals surface area contributed by atoms with Crippen molar-refractivity contribution in [1.29, 1.82) is 0 Å². The van der Waals surface area contributed by atoms with Gasteiger partial charge in [-0.3, -0.25) is 9.03 Å². The zero-order chi connectivity index (χ0) is 24.4. The molecule has 0 aromatic heterocycles. The van der Waals surface area contributed by atoms with Gasteiger partial charge in [0.15, 0.2) is 0 Å². The van der Waals surface area contributed by atoms with Crippen molar-refractivity contribution in [1.82, 2.24) is 0 Å². The Balaban J connectivity index is 1.89. The number of benzene rings is 3. The molecule has 174 valence electrons. The molecule has 0 radical (unpaired) electrons.